The first-order valence-corrected chi connectivity index (χ1v) is 5.32. The van der Waals surface area contributed by atoms with Crippen molar-refractivity contribution in [3.05, 3.63) is 0 Å². The van der Waals surface area contributed by atoms with Crippen LogP contribution in [0.4, 0.5) is 0 Å². The molecule has 0 spiro atoms. The molecule has 0 aromatic carbocycles. The van der Waals surface area contributed by atoms with Gasteiger partial charge in [0.15, 0.2) is 0 Å². The molecule has 84 valence electrons. The Hall–Kier alpha value is -0.610. The predicted molar refractivity (Wildman–Crippen MR) is 59.1 cm³/mol. The highest BCUT2D eigenvalue weighted by molar-refractivity contribution is 5.76. The summed E-state index contributed by atoms with van der Waals surface area (Å²) in [6.07, 6.45) is 1.48. The van der Waals surface area contributed by atoms with E-state index in [9.17, 15) is 4.79 Å². The third-order valence-corrected chi connectivity index (χ3v) is 2.39. The molecule has 1 unspecified atom stereocenters. The molecule has 0 saturated carbocycles. The van der Waals surface area contributed by atoms with Crippen LogP contribution in [-0.4, -0.2) is 43.5 Å². The number of nitrogens with zero attached hydrogens (tertiary/aromatic N) is 1. The average Bonchev–Trinajstić information content (AvgIpc) is 2.21. The SMILES string of the molecule is CCCNC(=O)CC(CN)N(C)CC. The van der Waals surface area contributed by atoms with Gasteiger partial charge in [0.25, 0.3) is 0 Å². The van der Waals surface area contributed by atoms with Crippen molar-refractivity contribution >= 4 is 5.91 Å². The highest BCUT2D eigenvalue weighted by atomic mass is 16.1. The van der Waals surface area contributed by atoms with Gasteiger partial charge in [-0.3, -0.25) is 4.79 Å². The van der Waals surface area contributed by atoms with E-state index >= 15 is 0 Å². The van der Waals surface area contributed by atoms with Gasteiger partial charge in [0.2, 0.25) is 5.91 Å². The van der Waals surface area contributed by atoms with Gasteiger partial charge >= 0.3 is 0 Å². The van der Waals surface area contributed by atoms with Crippen LogP contribution < -0.4 is 11.1 Å². The van der Waals surface area contributed by atoms with Gasteiger partial charge in [0.05, 0.1) is 0 Å². The molecule has 0 saturated heterocycles. The quantitative estimate of drug-likeness (QED) is 0.618. The summed E-state index contributed by atoms with van der Waals surface area (Å²) in [4.78, 5) is 13.5. The Kier molecular flexibility index (Phi) is 7.42. The van der Waals surface area contributed by atoms with E-state index in [0.29, 0.717) is 13.0 Å². The number of rotatable bonds is 7. The van der Waals surface area contributed by atoms with Crippen LogP contribution >= 0.6 is 0 Å². The number of hydrogen-bond donors (Lipinski definition) is 2. The second-order valence-electron chi connectivity index (χ2n) is 3.52. The summed E-state index contributed by atoms with van der Waals surface area (Å²) in [5.74, 6) is 0.0996. The molecule has 0 aromatic rings. The monoisotopic (exact) mass is 201 g/mol. The van der Waals surface area contributed by atoms with Crippen LogP contribution in [0.25, 0.3) is 0 Å². The first-order valence-electron chi connectivity index (χ1n) is 5.32. The summed E-state index contributed by atoms with van der Waals surface area (Å²) in [6.45, 7) is 6.31. The molecule has 1 amide bonds. The summed E-state index contributed by atoms with van der Waals surface area (Å²) in [5, 5.41) is 2.85. The zero-order valence-electron chi connectivity index (χ0n) is 9.55. The summed E-state index contributed by atoms with van der Waals surface area (Å²) >= 11 is 0. The topological polar surface area (TPSA) is 58.4 Å². The van der Waals surface area contributed by atoms with Crippen molar-refractivity contribution in [3.63, 3.8) is 0 Å². The molecule has 0 aromatic heterocycles. The normalized spacial score (nSPS) is 12.9. The Labute approximate surface area is 86.8 Å². The highest BCUT2D eigenvalue weighted by Gasteiger charge is 2.15. The number of nitrogens with two attached hydrogens (primary N) is 1. The minimum atomic E-state index is 0.0996. The van der Waals surface area contributed by atoms with Crippen molar-refractivity contribution in [2.24, 2.45) is 5.73 Å². The van der Waals surface area contributed by atoms with Crippen molar-refractivity contribution in [2.45, 2.75) is 32.7 Å². The first kappa shape index (κ1) is 13.4. The van der Waals surface area contributed by atoms with Gasteiger partial charge in [0, 0.05) is 25.6 Å². The largest absolute Gasteiger partial charge is 0.356 e. The van der Waals surface area contributed by atoms with Crippen LogP contribution in [0.5, 0.6) is 0 Å². The molecule has 0 aliphatic carbocycles. The lowest BCUT2D eigenvalue weighted by Crippen LogP contribution is -2.41. The second-order valence-corrected chi connectivity index (χ2v) is 3.52. The summed E-state index contributed by atoms with van der Waals surface area (Å²) in [5.41, 5.74) is 5.60. The molecule has 0 aliphatic heterocycles. The zero-order valence-corrected chi connectivity index (χ0v) is 9.55. The van der Waals surface area contributed by atoms with Gasteiger partial charge in [0.1, 0.15) is 0 Å². The van der Waals surface area contributed by atoms with E-state index in [2.05, 4.69) is 17.1 Å². The Balaban J connectivity index is 3.85. The van der Waals surface area contributed by atoms with Gasteiger partial charge in [-0.2, -0.15) is 0 Å². The first-order chi connectivity index (χ1) is 6.65. The number of nitrogens with one attached hydrogen (secondary N) is 1. The third kappa shape index (κ3) is 5.19. The van der Waals surface area contributed by atoms with Crippen LogP contribution in [0.1, 0.15) is 26.7 Å². The molecule has 4 nitrogen and oxygen atoms in total. The molecular weight excluding hydrogens is 178 g/mol. The van der Waals surface area contributed by atoms with Gasteiger partial charge in [-0.25, -0.2) is 0 Å². The molecule has 3 N–H and O–H groups in total. The predicted octanol–water partition coefficient (Wildman–Crippen LogP) is 0.182. The van der Waals surface area contributed by atoms with E-state index in [1.807, 2.05) is 14.0 Å². The van der Waals surface area contributed by atoms with Crippen molar-refractivity contribution in [2.75, 3.05) is 26.7 Å². The standard InChI is InChI=1S/C10H23N3O/c1-4-6-12-10(14)7-9(8-11)13(3)5-2/h9H,4-8,11H2,1-3H3,(H,12,14). The zero-order chi connectivity index (χ0) is 11.0. The maximum atomic E-state index is 11.4. The number of amides is 1. The summed E-state index contributed by atoms with van der Waals surface area (Å²) in [7, 11) is 1.99. The van der Waals surface area contributed by atoms with Gasteiger partial charge in [-0.05, 0) is 20.0 Å². The second kappa shape index (κ2) is 7.76. The molecule has 0 radical (unpaired) electrons. The lowest BCUT2D eigenvalue weighted by Gasteiger charge is -2.24. The summed E-state index contributed by atoms with van der Waals surface area (Å²) in [6, 6.07) is 0.164. The number of hydrogen-bond acceptors (Lipinski definition) is 3. The Morgan fingerprint density at radius 2 is 2.14 bits per heavy atom. The summed E-state index contributed by atoms with van der Waals surface area (Å²) < 4.78 is 0. The molecule has 14 heavy (non-hydrogen) atoms. The van der Waals surface area contributed by atoms with Gasteiger partial charge in [-0.15, -0.1) is 0 Å². The van der Waals surface area contributed by atoms with Gasteiger partial charge < -0.3 is 16.0 Å². The molecule has 0 rings (SSSR count). The molecular formula is C10H23N3O. The Morgan fingerprint density at radius 1 is 1.50 bits per heavy atom. The van der Waals surface area contributed by atoms with E-state index in [4.69, 9.17) is 5.73 Å². The van der Waals surface area contributed by atoms with Crippen LogP contribution in [0, 0.1) is 0 Å². The number of carbonyl (C=O) groups excluding carboxylic acids is 1. The van der Waals surface area contributed by atoms with Crippen LogP contribution in [0.2, 0.25) is 0 Å². The minimum absolute atomic E-state index is 0.0996. The third-order valence-electron chi connectivity index (χ3n) is 2.39. The molecule has 4 heteroatoms. The fraction of sp³-hybridized carbons (Fsp3) is 0.900. The minimum Gasteiger partial charge on any atom is -0.356 e. The Morgan fingerprint density at radius 3 is 2.57 bits per heavy atom. The number of likely N-dealkylation sites (N-methyl/N-ethyl adjacent to an activating group) is 1. The van der Waals surface area contributed by atoms with E-state index in [0.717, 1.165) is 19.5 Å². The van der Waals surface area contributed by atoms with Crippen molar-refractivity contribution in [3.8, 4) is 0 Å². The van der Waals surface area contributed by atoms with Gasteiger partial charge in [-0.1, -0.05) is 13.8 Å². The smallest absolute Gasteiger partial charge is 0.221 e. The fourth-order valence-electron chi connectivity index (χ4n) is 1.23. The van der Waals surface area contributed by atoms with E-state index in [1.165, 1.54) is 0 Å². The van der Waals surface area contributed by atoms with Crippen molar-refractivity contribution in [1.29, 1.82) is 0 Å². The van der Waals surface area contributed by atoms with E-state index in [-0.39, 0.29) is 11.9 Å². The van der Waals surface area contributed by atoms with Crippen LogP contribution in [0.15, 0.2) is 0 Å². The van der Waals surface area contributed by atoms with E-state index < -0.39 is 0 Å². The van der Waals surface area contributed by atoms with Crippen LogP contribution in [-0.2, 0) is 4.79 Å². The molecule has 0 fully saturated rings. The molecule has 0 bridgehead atoms. The molecule has 0 aliphatic rings. The number of carbonyl (C=O) groups is 1. The highest BCUT2D eigenvalue weighted by Crippen LogP contribution is 1.99. The Bertz CT molecular complexity index is 161. The van der Waals surface area contributed by atoms with Crippen molar-refractivity contribution in [1.82, 2.24) is 10.2 Å². The van der Waals surface area contributed by atoms with E-state index in [1.54, 1.807) is 0 Å². The van der Waals surface area contributed by atoms with Crippen molar-refractivity contribution < 1.29 is 4.79 Å². The fourth-order valence-corrected chi connectivity index (χ4v) is 1.23. The lowest BCUT2D eigenvalue weighted by atomic mass is 10.1. The van der Waals surface area contributed by atoms with Crippen LogP contribution in [0.3, 0.4) is 0 Å². The molecule has 0 heterocycles. The average molecular weight is 201 g/mol. The maximum Gasteiger partial charge on any atom is 0.221 e. The lowest BCUT2D eigenvalue weighted by molar-refractivity contribution is -0.122. The molecule has 1 atom stereocenters. The maximum absolute atomic E-state index is 11.4.